The summed E-state index contributed by atoms with van der Waals surface area (Å²) in [5.41, 5.74) is 3.65. The van der Waals surface area contributed by atoms with Gasteiger partial charge in [0.25, 0.3) is 0 Å². The zero-order valence-electron chi connectivity index (χ0n) is 15.3. The monoisotopic (exact) mass is 372 g/mol. The van der Waals surface area contributed by atoms with E-state index in [-0.39, 0.29) is 5.91 Å². The Hall–Kier alpha value is -3.60. The van der Waals surface area contributed by atoms with Gasteiger partial charge in [0.15, 0.2) is 0 Å². The molecular formula is C23H20N2O3. The van der Waals surface area contributed by atoms with Crippen molar-refractivity contribution in [2.45, 2.75) is 19.4 Å². The van der Waals surface area contributed by atoms with E-state index in [1.807, 2.05) is 48.5 Å². The number of aryl methyl sites for hydroxylation is 1. The predicted octanol–water partition coefficient (Wildman–Crippen LogP) is 4.78. The van der Waals surface area contributed by atoms with Gasteiger partial charge in [-0.25, -0.2) is 4.79 Å². The zero-order chi connectivity index (χ0) is 19.3. The van der Waals surface area contributed by atoms with Gasteiger partial charge in [-0.1, -0.05) is 48.5 Å². The average Bonchev–Trinajstić information content (AvgIpc) is 2.71. The first kappa shape index (κ1) is 17.8. The lowest BCUT2D eigenvalue weighted by Crippen LogP contribution is -2.34. The highest BCUT2D eigenvalue weighted by Crippen LogP contribution is 2.31. The summed E-state index contributed by atoms with van der Waals surface area (Å²) in [7, 11) is 0. The molecule has 0 aliphatic carbocycles. The molecule has 0 atom stereocenters. The second kappa shape index (κ2) is 7.96. The summed E-state index contributed by atoms with van der Waals surface area (Å²) in [6, 6.07) is 24.4. The Labute approximate surface area is 163 Å². The van der Waals surface area contributed by atoms with Crippen LogP contribution in [0.2, 0.25) is 0 Å². The molecule has 3 aromatic carbocycles. The largest absolute Gasteiger partial charge is 0.417 e. The maximum atomic E-state index is 12.5. The highest BCUT2D eigenvalue weighted by molar-refractivity contribution is 5.97. The number of nitrogens with zero attached hydrogens (tertiary/aromatic N) is 1. The first-order chi connectivity index (χ1) is 13.7. The molecule has 1 heterocycles. The molecule has 3 aromatic rings. The van der Waals surface area contributed by atoms with E-state index < -0.39 is 6.09 Å². The minimum atomic E-state index is -0.542. The van der Waals surface area contributed by atoms with Gasteiger partial charge in [-0.15, -0.1) is 0 Å². The van der Waals surface area contributed by atoms with Gasteiger partial charge in [0, 0.05) is 17.8 Å². The van der Waals surface area contributed by atoms with Crippen molar-refractivity contribution in [1.29, 1.82) is 0 Å². The summed E-state index contributed by atoms with van der Waals surface area (Å²) in [4.78, 5) is 26.4. The summed E-state index contributed by atoms with van der Waals surface area (Å²) in [5.74, 6) is 0.596. The van der Waals surface area contributed by atoms with E-state index in [1.165, 1.54) is 0 Å². The molecule has 2 amide bonds. The van der Waals surface area contributed by atoms with E-state index >= 15 is 0 Å². The number of carbonyl (C=O) groups excluding carboxylic acids is 2. The fourth-order valence-electron chi connectivity index (χ4n) is 3.32. The summed E-state index contributed by atoms with van der Waals surface area (Å²) in [6.45, 7) is 0.537. The topological polar surface area (TPSA) is 58.6 Å². The maximum absolute atomic E-state index is 12.5. The smallest absolute Gasteiger partial charge is 0.410 e. The molecule has 1 aliphatic rings. The third kappa shape index (κ3) is 4.04. The quantitative estimate of drug-likeness (QED) is 0.717. The molecule has 1 N–H and O–H groups in total. The van der Waals surface area contributed by atoms with Gasteiger partial charge in [0.05, 0.1) is 6.54 Å². The van der Waals surface area contributed by atoms with Crippen LogP contribution in [-0.4, -0.2) is 12.0 Å². The number of benzene rings is 3. The molecular weight excluding hydrogens is 352 g/mol. The Kier molecular flexibility index (Phi) is 5.06. The number of rotatable bonds is 4. The number of carbonyl (C=O) groups is 2. The molecule has 0 spiro atoms. The molecule has 5 nitrogen and oxygen atoms in total. The number of anilines is 2. The fraction of sp³-hybridized carbons (Fsp3) is 0.130. The Bertz CT molecular complexity index is 987. The van der Waals surface area contributed by atoms with Crippen molar-refractivity contribution < 1.29 is 14.3 Å². The first-order valence-electron chi connectivity index (χ1n) is 9.20. The number of fused-ring (bicyclic) bond motifs is 1. The summed E-state index contributed by atoms with van der Waals surface area (Å²) < 4.78 is 5.26. The highest BCUT2D eigenvalue weighted by atomic mass is 16.6. The maximum Gasteiger partial charge on any atom is 0.417 e. The Balaban J connectivity index is 1.50. The van der Waals surface area contributed by atoms with Crippen LogP contribution in [0, 0.1) is 0 Å². The van der Waals surface area contributed by atoms with Crippen LogP contribution in [-0.2, 0) is 17.8 Å². The van der Waals surface area contributed by atoms with Gasteiger partial charge < -0.3 is 9.64 Å². The average molecular weight is 372 g/mol. The first-order valence-corrected chi connectivity index (χ1v) is 9.20. The van der Waals surface area contributed by atoms with Crippen molar-refractivity contribution in [3.05, 3.63) is 90.0 Å². The Morgan fingerprint density at radius 1 is 0.929 bits per heavy atom. The second-order valence-electron chi connectivity index (χ2n) is 6.64. The molecule has 0 fully saturated rings. The van der Waals surface area contributed by atoms with Crippen molar-refractivity contribution in [3.8, 4) is 5.75 Å². The van der Waals surface area contributed by atoms with Gasteiger partial charge in [0.2, 0.25) is 5.91 Å². The molecule has 0 saturated heterocycles. The molecule has 140 valence electrons. The number of nitrogens with one attached hydrogen (secondary N) is 1. The minimum absolute atomic E-state index is 0.112. The number of hydrogen-bond donors (Lipinski definition) is 1. The normalized spacial score (nSPS) is 13.0. The number of amides is 2. The summed E-state index contributed by atoms with van der Waals surface area (Å²) in [6.07, 6.45) is 0.569. The van der Waals surface area contributed by atoms with Gasteiger partial charge in [-0.3, -0.25) is 10.1 Å². The van der Waals surface area contributed by atoms with Gasteiger partial charge in [-0.2, -0.15) is 0 Å². The van der Waals surface area contributed by atoms with Crippen LogP contribution in [0.1, 0.15) is 17.5 Å². The van der Waals surface area contributed by atoms with Gasteiger partial charge in [0.1, 0.15) is 5.75 Å². The molecule has 0 unspecified atom stereocenters. The number of hydrogen-bond acceptors (Lipinski definition) is 3. The van der Waals surface area contributed by atoms with Crippen LogP contribution in [0.15, 0.2) is 78.9 Å². The number of ether oxygens (including phenoxy) is 1. The molecule has 0 bridgehead atoms. The molecule has 0 radical (unpaired) electrons. The van der Waals surface area contributed by atoms with Crippen LogP contribution in [0.3, 0.4) is 0 Å². The van der Waals surface area contributed by atoms with E-state index in [1.54, 1.807) is 35.2 Å². The van der Waals surface area contributed by atoms with E-state index in [0.29, 0.717) is 30.8 Å². The van der Waals surface area contributed by atoms with E-state index in [9.17, 15) is 9.59 Å². The molecule has 1 aliphatic heterocycles. The van der Waals surface area contributed by atoms with E-state index in [4.69, 9.17) is 4.74 Å². The highest BCUT2D eigenvalue weighted by Gasteiger charge is 2.24. The molecule has 0 saturated carbocycles. The Morgan fingerprint density at radius 3 is 2.39 bits per heavy atom. The standard InChI is InChI=1S/C23H20N2O3/c26-22-14-11-18-15-19(24-23(27)28-20-9-5-2-6-10-20)12-13-21(18)25(22)16-17-7-3-1-4-8-17/h1-10,12-13,15H,11,14,16H2,(H,24,27). The van der Waals surface area contributed by atoms with Crippen molar-refractivity contribution in [3.63, 3.8) is 0 Å². The number of para-hydroxylation sites is 1. The third-order valence-electron chi connectivity index (χ3n) is 4.66. The van der Waals surface area contributed by atoms with Crippen LogP contribution in [0.25, 0.3) is 0 Å². The minimum Gasteiger partial charge on any atom is -0.410 e. The molecule has 4 rings (SSSR count). The summed E-state index contributed by atoms with van der Waals surface area (Å²) in [5, 5.41) is 2.75. The lowest BCUT2D eigenvalue weighted by atomic mass is 9.99. The van der Waals surface area contributed by atoms with Crippen molar-refractivity contribution in [1.82, 2.24) is 0 Å². The van der Waals surface area contributed by atoms with Crippen molar-refractivity contribution in [2.75, 3.05) is 10.2 Å². The molecule has 0 aromatic heterocycles. The van der Waals surface area contributed by atoms with Crippen LogP contribution >= 0.6 is 0 Å². The predicted molar refractivity (Wildman–Crippen MR) is 108 cm³/mol. The SMILES string of the molecule is O=C(Nc1ccc2c(c1)CCC(=O)N2Cc1ccccc1)Oc1ccccc1. The van der Waals surface area contributed by atoms with Crippen LogP contribution < -0.4 is 15.0 Å². The van der Waals surface area contributed by atoms with Crippen LogP contribution in [0.4, 0.5) is 16.2 Å². The molecule has 5 heteroatoms. The van der Waals surface area contributed by atoms with Gasteiger partial charge in [-0.05, 0) is 47.9 Å². The Morgan fingerprint density at radius 2 is 1.64 bits per heavy atom. The fourth-order valence-corrected chi connectivity index (χ4v) is 3.32. The van der Waals surface area contributed by atoms with E-state index in [2.05, 4.69) is 5.32 Å². The molecule has 28 heavy (non-hydrogen) atoms. The van der Waals surface area contributed by atoms with Crippen molar-refractivity contribution >= 4 is 23.4 Å². The van der Waals surface area contributed by atoms with Gasteiger partial charge >= 0.3 is 6.09 Å². The third-order valence-corrected chi connectivity index (χ3v) is 4.66. The van der Waals surface area contributed by atoms with Crippen LogP contribution in [0.5, 0.6) is 5.75 Å². The van der Waals surface area contributed by atoms with Crippen molar-refractivity contribution in [2.24, 2.45) is 0 Å². The second-order valence-corrected chi connectivity index (χ2v) is 6.64. The zero-order valence-corrected chi connectivity index (χ0v) is 15.3. The lowest BCUT2D eigenvalue weighted by Gasteiger charge is -2.30. The lowest BCUT2D eigenvalue weighted by molar-refractivity contribution is -0.119. The summed E-state index contributed by atoms with van der Waals surface area (Å²) >= 11 is 0. The van der Waals surface area contributed by atoms with E-state index in [0.717, 1.165) is 16.8 Å².